The number of amides is 2. The van der Waals surface area contributed by atoms with E-state index in [1.54, 1.807) is 24.3 Å². The molecule has 1 atom stereocenters. The van der Waals surface area contributed by atoms with Crippen LogP contribution in [0.2, 0.25) is 0 Å². The number of hydrogen-bond acceptors (Lipinski definition) is 6. The maximum Gasteiger partial charge on any atom is 0.343 e. The van der Waals surface area contributed by atoms with Gasteiger partial charge in [-0.05, 0) is 54.5 Å². The normalized spacial score (nSPS) is 11.5. The number of hydrogen-bond donors (Lipinski definition) is 5. The first-order chi connectivity index (χ1) is 15.2. The average Bonchev–Trinajstić information content (AvgIpc) is 2.75. The van der Waals surface area contributed by atoms with E-state index in [2.05, 4.69) is 5.32 Å². The van der Waals surface area contributed by atoms with Crippen molar-refractivity contribution in [3.8, 4) is 5.75 Å². The fourth-order valence-electron chi connectivity index (χ4n) is 2.53. The number of esters is 1. The Labute approximate surface area is 183 Å². The van der Waals surface area contributed by atoms with Gasteiger partial charge in [0.2, 0.25) is 11.8 Å². The van der Waals surface area contributed by atoms with Crippen LogP contribution in [0.15, 0.2) is 54.6 Å². The van der Waals surface area contributed by atoms with Crippen LogP contribution < -0.4 is 21.5 Å². The highest BCUT2D eigenvalue weighted by Crippen LogP contribution is 2.15. The predicted octanol–water partition coefficient (Wildman–Crippen LogP) is 1.04. The number of aliphatic carboxylic acids is 1. The van der Waals surface area contributed by atoms with Crippen molar-refractivity contribution in [3.63, 3.8) is 0 Å². The molecule has 0 unspecified atom stereocenters. The van der Waals surface area contributed by atoms with Crippen LogP contribution in [0, 0.1) is 5.41 Å². The molecule has 10 heteroatoms. The van der Waals surface area contributed by atoms with Gasteiger partial charge in [0.05, 0.1) is 5.56 Å². The summed E-state index contributed by atoms with van der Waals surface area (Å²) in [5.41, 5.74) is 11.7. The Morgan fingerprint density at radius 1 is 1.00 bits per heavy atom. The number of amidine groups is 1. The second kappa shape index (κ2) is 11.1. The van der Waals surface area contributed by atoms with E-state index in [0.717, 1.165) is 6.08 Å². The van der Waals surface area contributed by atoms with Gasteiger partial charge in [0.15, 0.2) is 0 Å². The summed E-state index contributed by atoms with van der Waals surface area (Å²) >= 11 is 0. The Morgan fingerprint density at radius 3 is 2.12 bits per heavy atom. The molecule has 0 spiro atoms. The van der Waals surface area contributed by atoms with Gasteiger partial charge in [-0.25, -0.2) is 9.59 Å². The first-order valence-corrected chi connectivity index (χ1v) is 9.42. The zero-order valence-corrected chi connectivity index (χ0v) is 16.9. The lowest BCUT2D eigenvalue weighted by molar-refractivity contribution is -0.141. The van der Waals surface area contributed by atoms with Gasteiger partial charge < -0.3 is 26.6 Å². The second-order valence-corrected chi connectivity index (χ2v) is 6.69. The number of nitrogens with one attached hydrogen (secondary N) is 2. The Kier molecular flexibility index (Phi) is 8.23. The highest BCUT2D eigenvalue weighted by molar-refractivity contribution is 5.96. The molecule has 7 N–H and O–H groups in total. The van der Waals surface area contributed by atoms with Gasteiger partial charge in [-0.1, -0.05) is 12.1 Å². The number of ether oxygens (including phenoxy) is 1. The van der Waals surface area contributed by atoms with E-state index < -0.39 is 29.8 Å². The van der Waals surface area contributed by atoms with Crippen molar-refractivity contribution in [3.05, 3.63) is 71.3 Å². The van der Waals surface area contributed by atoms with Crippen LogP contribution in [0.4, 0.5) is 0 Å². The van der Waals surface area contributed by atoms with Crippen LogP contribution in [0.3, 0.4) is 0 Å². The number of rotatable bonds is 10. The monoisotopic (exact) mass is 438 g/mol. The molecule has 2 aromatic carbocycles. The number of benzene rings is 2. The second-order valence-electron chi connectivity index (χ2n) is 6.69. The molecular weight excluding hydrogens is 416 g/mol. The minimum absolute atomic E-state index is 0.0932. The van der Waals surface area contributed by atoms with E-state index in [0.29, 0.717) is 16.9 Å². The minimum atomic E-state index is -1.27. The van der Waals surface area contributed by atoms with E-state index in [4.69, 9.17) is 26.7 Å². The summed E-state index contributed by atoms with van der Waals surface area (Å²) in [6.45, 7) is 0. The van der Waals surface area contributed by atoms with Crippen molar-refractivity contribution in [2.75, 3.05) is 0 Å². The molecule has 0 aromatic heterocycles. The van der Waals surface area contributed by atoms with Crippen LogP contribution in [0.25, 0.3) is 6.08 Å². The maximum atomic E-state index is 12.2. The van der Waals surface area contributed by atoms with Crippen molar-refractivity contribution in [2.24, 2.45) is 11.5 Å². The Morgan fingerprint density at radius 2 is 1.59 bits per heavy atom. The zero-order chi connectivity index (χ0) is 23.7. The van der Waals surface area contributed by atoms with E-state index in [-0.39, 0.29) is 24.2 Å². The van der Waals surface area contributed by atoms with Crippen LogP contribution in [0.1, 0.15) is 34.3 Å². The fourth-order valence-corrected chi connectivity index (χ4v) is 2.53. The van der Waals surface area contributed by atoms with E-state index >= 15 is 0 Å². The molecule has 0 radical (unpaired) electrons. The Bertz CT molecular complexity index is 1050. The van der Waals surface area contributed by atoms with Crippen molar-refractivity contribution >= 4 is 35.7 Å². The molecule has 0 saturated carbocycles. The third-order valence-corrected chi connectivity index (χ3v) is 4.24. The number of carboxylic acids is 1. The average molecular weight is 438 g/mol. The number of carbonyl (C=O) groups excluding carboxylic acids is 3. The fraction of sp³-hybridized carbons (Fsp3) is 0.136. The summed E-state index contributed by atoms with van der Waals surface area (Å²) in [6, 6.07) is 11.1. The molecular formula is C22H22N4O6. The third kappa shape index (κ3) is 7.41. The molecule has 0 aliphatic carbocycles. The van der Waals surface area contributed by atoms with Gasteiger partial charge in [0.25, 0.3) is 0 Å². The number of primary amides is 1. The molecule has 32 heavy (non-hydrogen) atoms. The highest BCUT2D eigenvalue weighted by atomic mass is 16.5. The molecule has 0 fully saturated rings. The van der Waals surface area contributed by atoms with E-state index in [1.807, 2.05) is 0 Å². The minimum Gasteiger partial charge on any atom is -0.480 e. The highest BCUT2D eigenvalue weighted by Gasteiger charge is 2.19. The van der Waals surface area contributed by atoms with Gasteiger partial charge in [0.1, 0.15) is 17.6 Å². The smallest absolute Gasteiger partial charge is 0.343 e. The van der Waals surface area contributed by atoms with Crippen molar-refractivity contribution in [1.29, 1.82) is 5.41 Å². The lowest BCUT2D eigenvalue weighted by atomic mass is 10.1. The molecule has 0 heterocycles. The predicted molar refractivity (Wildman–Crippen MR) is 116 cm³/mol. The summed E-state index contributed by atoms with van der Waals surface area (Å²) in [7, 11) is 0. The molecule has 0 aliphatic heterocycles. The molecule has 2 amide bonds. The Balaban J connectivity index is 1.94. The largest absolute Gasteiger partial charge is 0.480 e. The first-order valence-electron chi connectivity index (χ1n) is 9.42. The molecule has 0 aliphatic rings. The topological polar surface area (TPSA) is 186 Å². The standard InChI is InChI=1S/C22H22N4O6/c23-18(27)11-10-17(21(29)30)26-19(28)12-3-13-1-4-15(5-2-13)22(31)32-16-8-6-14(7-9-16)20(24)25/h1-9,12,17H,10-11H2,(H2,23,27)(H3,24,25)(H,26,28)(H,29,30)/b12-3+/t17-/m0/s1. The summed E-state index contributed by atoms with van der Waals surface area (Å²) in [5.74, 6) is -2.97. The van der Waals surface area contributed by atoms with Gasteiger partial charge in [-0.2, -0.15) is 0 Å². The summed E-state index contributed by atoms with van der Waals surface area (Å²) < 4.78 is 5.26. The number of nitrogen functional groups attached to an aromatic ring is 1. The molecule has 10 nitrogen and oxygen atoms in total. The molecule has 2 rings (SSSR count). The molecule has 0 bridgehead atoms. The van der Waals surface area contributed by atoms with Crippen LogP contribution in [-0.2, 0) is 14.4 Å². The molecule has 2 aromatic rings. The summed E-state index contributed by atoms with van der Waals surface area (Å²) in [5, 5.41) is 18.7. The number of carboxylic acid groups (broad SMARTS) is 1. The number of carbonyl (C=O) groups is 4. The zero-order valence-electron chi connectivity index (χ0n) is 16.9. The van der Waals surface area contributed by atoms with Gasteiger partial charge in [0, 0.05) is 18.1 Å². The van der Waals surface area contributed by atoms with Gasteiger partial charge in [-0.3, -0.25) is 15.0 Å². The van der Waals surface area contributed by atoms with E-state index in [9.17, 15) is 19.2 Å². The van der Waals surface area contributed by atoms with Gasteiger partial charge in [-0.15, -0.1) is 0 Å². The lowest BCUT2D eigenvalue weighted by Crippen LogP contribution is -2.40. The number of nitrogens with two attached hydrogens (primary N) is 2. The summed E-state index contributed by atoms with van der Waals surface area (Å²) in [6.07, 6.45) is 2.31. The van der Waals surface area contributed by atoms with Crippen molar-refractivity contribution < 1.29 is 29.0 Å². The lowest BCUT2D eigenvalue weighted by Gasteiger charge is -2.11. The van der Waals surface area contributed by atoms with Crippen molar-refractivity contribution in [2.45, 2.75) is 18.9 Å². The van der Waals surface area contributed by atoms with Crippen molar-refractivity contribution in [1.82, 2.24) is 5.32 Å². The maximum absolute atomic E-state index is 12.2. The Hall–Kier alpha value is -4.47. The molecule has 166 valence electrons. The van der Waals surface area contributed by atoms with Gasteiger partial charge >= 0.3 is 11.9 Å². The van der Waals surface area contributed by atoms with E-state index in [1.165, 1.54) is 30.3 Å². The van der Waals surface area contributed by atoms with Crippen LogP contribution >= 0.6 is 0 Å². The van der Waals surface area contributed by atoms with Crippen LogP contribution in [-0.4, -0.2) is 40.7 Å². The molecule has 0 saturated heterocycles. The quantitative estimate of drug-likeness (QED) is 0.120. The first kappa shape index (κ1) is 23.8. The summed E-state index contributed by atoms with van der Waals surface area (Å²) in [4.78, 5) is 46.1. The SMILES string of the molecule is N=C(N)c1ccc(OC(=O)c2ccc(/C=C/C(=O)N[C@@H](CCC(N)=O)C(=O)O)cc2)cc1. The third-order valence-electron chi connectivity index (χ3n) is 4.24. The van der Waals surface area contributed by atoms with Crippen LogP contribution in [0.5, 0.6) is 5.75 Å².